The molecule has 1 saturated heterocycles. The lowest BCUT2D eigenvalue weighted by Gasteiger charge is -2.29. The van der Waals surface area contributed by atoms with Crippen LogP contribution in [0.4, 0.5) is 0 Å². The zero-order valence-electron chi connectivity index (χ0n) is 13.2. The van der Waals surface area contributed by atoms with E-state index in [2.05, 4.69) is 23.3 Å². The second kappa shape index (κ2) is 7.82. The Labute approximate surface area is 162 Å². The van der Waals surface area contributed by atoms with Crippen LogP contribution in [0.1, 0.15) is 17.0 Å². The van der Waals surface area contributed by atoms with Crippen molar-refractivity contribution in [3.63, 3.8) is 0 Å². The van der Waals surface area contributed by atoms with Gasteiger partial charge in [-0.1, -0.05) is 58.5 Å². The minimum absolute atomic E-state index is 0.368. The third-order valence-electron chi connectivity index (χ3n) is 4.54. The molecule has 0 radical (unpaired) electrons. The summed E-state index contributed by atoms with van der Waals surface area (Å²) < 4.78 is 0. The Morgan fingerprint density at radius 2 is 1.58 bits per heavy atom. The maximum atomic E-state index is 6.19. The summed E-state index contributed by atoms with van der Waals surface area (Å²) in [5.41, 5.74) is 2.35. The van der Waals surface area contributed by atoms with Crippen molar-refractivity contribution < 1.29 is 0 Å². The van der Waals surface area contributed by atoms with Gasteiger partial charge in [0, 0.05) is 31.6 Å². The maximum Gasteiger partial charge on any atom is 0.0595 e. The van der Waals surface area contributed by atoms with E-state index < -0.39 is 0 Å². The molecule has 0 saturated carbocycles. The van der Waals surface area contributed by atoms with Gasteiger partial charge < -0.3 is 5.32 Å². The fourth-order valence-electron chi connectivity index (χ4n) is 3.25. The molecule has 0 aliphatic carbocycles. The Kier molecular flexibility index (Phi) is 5.97. The largest absolute Gasteiger partial charge is 0.314 e. The Hall–Kier alpha value is -0.480. The molecule has 2 nitrogen and oxygen atoms in total. The van der Waals surface area contributed by atoms with Crippen LogP contribution in [0.3, 0.4) is 0 Å². The zero-order chi connectivity index (χ0) is 17.3. The molecule has 2 atom stereocenters. The average molecular weight is 404 g/mol. The first-order valence-electron chi connectivity index (χ1n) is 7.75. The molecule has 3 rings (SSSR count). The summed E-state index contributed by atoms with van der Waals surface area (Å²) in [6.45, 7) is 2.66. The summed E-state index contributed by atoms with van der Waals surface area (Å²) in [5.74, 6) is 0.368. The fraction of sp³-hybridized carbons (Fsp3) is 0.333. The lowest BCUT2D eigenvalue weighted by molar-refractivity contribution is 0.232. The Morgan fingerprint density at radius 1 is 0.917 bits per heavy atom. The Bertz CT molecular complexity index is 735. The number of likely N-dealkylation sites (N-methyl/N-ethyl adjacent to an activating group) is 1. The molecule has 0 amide bonds. The maximum absolute atomic E-state index is 6.19. The number of hydrogen-bond donors (Lipinski definition) is 1. The number of halogens is 4. The van der Waals surface area contributed by atoms with Crippen LogP contribution in [-0.2, 0) is 6.54 Å². The van der Waals surface area contributed by atoms with Gasteiger partial charge in [0.05, 0.1) is 20.1 Å². The quantitative estimate of drug-likeness (QED) is 0.726. The smallest absolute Gasteiger partial charge is 0.0595 e. The van der Waals surface area contributed by atoms with E-state index in [0.717, 1.165) is 25.2 Å². The summed E-state index contributed by atoms with van der Waals surface area (Å²) in [6.07, 6.45) is 0. The van der Waals surface area contributed by atoms with Crippen molar-refractivity contribution in [2.45, 2.75) is 18.5 Å². The van der Waals surface area contributed by atoms with Gasteiger partial charge in [-0.2, -0.15) is 0 Å². The monoisotopic (exact) mass is 402 g/mol. The number of hydrogen-bond acceptors (Lipinski definition) is 2. The van der Waals surface area contributed by atoms with Gasteiger partial charge in [0.25, 0.3) is 0 Å². The first-order chi connectivity index (χ1) is 11.5. The predicted octanol–water partition coefficient (Wildman–Crippen LogP) is 5.49. The van der Waals surface area contributed by atoms with E-state index in [1.165, 1.54) is 5.56 Å². The summed E-state index contributed by atoms with van der Waals surface area (Å²) in [7, 11) is 2.13. The van der Waals surface area contributed by atoms with Crippen LogP contribution in [0.15, 0.2) is 36.4 Å². The van der Waals surface area contributed by atoms with E-state index in [-0.39, 0.29) is 0 Å². The van der Waals surface area contributed by atoms with Gasteiger partial charge in [-0.15, -0.1) is 0 Å². The van der Waals surface area contributed by atoms with E-state index in [4.69, 9.17) is 46.4 Å². The van der Waals surface area contributed by atoms with E-state index in [1.807, 2.05) is 30.3 Å². The minimum Gasteiger partial charge on any atom is -0.314 e. The Balaban J connectivity index is 1.76. The second-order valence-electron chi connectivity index (χ2n) is 6.17. The van der Waals surface area contributed by atoms with Crippen LogP contribution in [0.25, 0.3) is 0 Å². The predicted molar refractivity (Wildman–Crippen MR) is 104 cm³/mol. The molecule has 1 heterocycles. The lowest BCUT2D eigenvalue weighted by Crippen LogP contribution is -2.36. The van der Waals surface area contributed by atoms with Gasteiger partial charge in [-0.25, -0.2) is 0 Å². The normalized spacial score (nSPS) is 20.8. The van der Waals surface area contributed by atoms with Crippen LogP contribution < -0.4 is 5.32 Å². The molecule has 0 aromatic heterocycles. The van der Waals surface area contributed by atoms with Crippen molar-refractivity contribution in [1.29, 1.82) is 0 Å². The fourth-order valence-corrected chi connectivity index (χ4v) is 3.88. The topological polar surface area (TPSA) is 15.3 Å². The summed E-state index contributed by atoms with van der Waals surface area (Å²) >= 11 is 24.3. The highest BCUT2D eigenvalue weighted by Crippen LogP contribution is 2.32. The SMILES string of the molecule is CN(Cc1ccc(Cl)c(Cl)c1)C1CNCC1c1ccc(Cl)c(Cl)c1. The highest BCUT2D eigenvalue weighted by molar-refractivity contribution is 6.42. The standard InChI is InChI=1S/C18H18Cl4N2/c1-24(10-11-2-4-14(19)16(21)6-11)18-9-23-8-13(18)12-3-5-15(20)17(22)7-12/h2-7,13,18,23H,8-10H2,1H3. The molecule has 1 fully saturated rings. The molecule has 0 spiro atoms. The van der Waals surface area contributed by atoms with Crippen molar-refractivity contribution in [2.75, 3.05) is 20.1 Å². The van der Waals surface area contributed by atoms with Gasteiger partial charge in [0.2, 0.25) is 0 Å². The third-order valence-corrected chi connectivity index (χ3v) is 6.01. The van der Waals surface area contributed by atoms with Gasteiger partial charge in [-0.3, -0.25) is 4.90 Å². The number of rotatable bonds is 4. The molecule has 0 bridgehead atoms. The average Bonchev–Trinajstić information content (AvgIpc) is 3.03. The molecule has 2 unspecified atom stereocenters. The van der Waals surface area contributed by atoms with Crippen molar-refractivity contribution >= 4 is 46.4 Å². The van der Waals surface area contributed by atoms with E-state index in [1.54, 1.807) is 0 Å². The van der Waals surface area contributed by atoms with Gasteiger partial charge >= 0.3 is 0 Å². The molecule has 128 valence electrons. The van der Waals surface area contributed by atoms with Crippen molar-refractivity contribution in [2.24, 2.45) is 0 Å². The molecule has 1 N–H and O–H groups in total. The van der Waals surface area contributed by atoms with Gasteiger partial charge in [0.1, 0.15) is 0 Å². The van der Waals surface area contributed by atoms with Crippen LogP contribution in [0.5, 0.6) is 0 Å². The molecule has 1 aliphatic heterocycles. The van der Waals surface area contributed by atoms with Crippen LogP contribution in [0.2, 0.25) is 20.1 Å². The molecule has 6 heteroatoms. The van der Waals surface area contributed by atoms with Crippen molar-refractivity contribution in [3.05, 3.63) is 67.6 Å². The summed E-state index contributed by atoms with van der Waals surface area (Å²) in [6, 6.07) is 12.1. The van der Waals surface area contributed by atoms with Crippen molar-refractivity contribution in [3.8, 4) is 0 Å². The highest BCUT2D eigenvalue weighted by atomic mass is 35.5. The number of benzene rings is 2. The molecular weight excluding hydrogens is 386 g/mol. The van der Waals surface area contributed by atoms with Crippen LogP contribution in [-0.4, -0.2) is 31.1 Å². The van der Waals surface area contributed by atoms with Gasteiger partial charge in [0.15, 0.2) is 0 Å². The van der Waals surface area contributed by atoms with Crippen LogP contribution >= 0.6 is 46.4 Å². The highest BCUT2D eigenvalue weighted by Gasteiger charge is 2.31. The second-order valence-corrected chi connectivity index (χ2v) is 7.80. The first kappa shape index (κ1) is 18.3. The lowest BCUT2D eigenvalue weighted by atomic mass is 9.93. The Morgan fingerprint density at radius 3 is 2.25 bits per heavy atom. The van der Waals surface area contributed by atoms with Crippen LogP contribution in [0, 0.1) is 0 Å². The molecule has 2 aromatic carbocycles. The number of nitrogens with one attached hydrogen (secondary N) is 1. The molecule has 1 aliphatic rings. The van der Waals surface area contributed by atoms with E-state index >= 15 is 0 Å². The van der Waals surface area contributed by atoms with Crippen molar-refractivity contribution in [1.82, 2.24) is 10.2 Å². The van der Waals surface area contributed by atoms with E-state index in [9.17, 15) is 0 Å². The molecule has 2 aromatic rings. The third kappa shape index (κ3) is 4.01. The molecular formula is C18H18Cl4N2. The van der Waals surface area contributed by atoms with E-state index in [0.29, 0.717) is 32.1 Å². The minimum atomic E-state index is 0.368. The first-order valence-corrected chi connectivity index (χ1v) is 9.26. The molecule has 24 heavy (non-hydrogen) atoms. The van der Waals surface area contributed by atoms with Gasteiger partial charge in [-0.05, 0) is 42.4 Å². The summed E-state index contributed by atoms with van der Waals surface area (Å²) in [4.78, 5) is 2.34. The zero-order valence-corrected chi connectivity index (χ0v) is 16.2. The number of nitrogens with zero attached hydrogens (tertiary/aromatic N) is 1. The summed E-state index contributed by atoms with van der Waals surface area (Å²) in [5, 5.41) is 5.84.